The molecule has 4 nitrogen and oxygen atoms in total. The lowest BCUT2D eigenvalue weighted by Crippen LogP contribution is -2.44. The second kappa shape index (κ2) is 7.24. The minimum atomic E-state index is -0.140. The average molecular weight is 344 g/mol. The Hall–Kier alpha value is -2.04. The molecule has 5 heteroatoms. The second-order valence-corrected chi connectivity index (χ2v) is 6.63. The number of nitrogens with zero attached hydrogens (tertiary/aromatic N) is 2. The molecule has 1 amide bonds. The van der Waals surface area contributed by atoms with Gasteiger partial charge < -0.3 is 15.1 Å². The molecule has 1 fully saturated rings. The van der Waals surface area contributed by atoms with Crippen LogP contribution < -0.4 is 10.2 Å². The lowest BCUT2D eigenvalue weighted by atomic mass is 10.1. The van der Waals surface area contributed by atoms with E-state index in [1.54, 1.807) is 12.1 Å². The van der Waals surface area contributed by atoms with E-state index < -0.39 is 0 Å². The number of piperazine rings is 1. The topological polar surface area (TPSA) is 35.6 Å². The van der Waals surface area contributed by atoms with E-state index in [1.807, 2.05) is 31.2 Å². The van der Waals surface area contributed by atoms with Crippen LogP contribution in [0.25, 0.3) is 0 Å². The Labute approximate surface area is 148 Å². The fraction of sp³-hybridized carbons (Fsp3) is 0.316. The predicted molar refractivity (Wildman–Crippen MR) is 100 cm³/mol. The van der Waals surface area contributed by atoms with E-state index in [1.165, 1.54) is 0 Å². The molecule has 0 unspecified atom stereocenters. The lowest BCUT2D eigenvalue weighted by molar-refractivity contribution is 0.102. The molecule has 1 aliphatic heterocycles. The summed E-state index contributed by atoms with van der Waals surface area (Å²) in [4.78, 5) is 17.2. The lowest BCUT2D eigenvalue weighted by Gasteiger charge is -2.35. The zero-order chi connectivity index (χ0) is 17.1. The van der Waals surface area contributed by atoms with Gasteiger partial charge in [-0.05, 0) is 43.8 Å². The average Bonchev–Trinajstić information content (AvgIpc) is 2.58. The number of likely N-dealkylation sites (N-methyl/N-ethyl adjacent to an activating group) is 1. The molecule has 0 saturated carbocycles. The molecule has 0 aromatic heterocycles. The van der Waals surface area contributed by atoms with Crippen LogP contribution in [0, 0.1) is 6.92 Å². The van der Waals surface area contributed by atoms with Crippen molar-refractivity contribution < 1.29 is 4.79 Å². The molecule has 2 aromatic carbocycles. The first-order chi connectivity index (χ1) is 11.5. The van der Waals surface area contributed by atoms with Gasteiger partial charge in [0.2, 0.25) is 0 Å². The summed E-state index contributed by atoms with van der Waals surface area (Å²) >= 11 is 6.13. The normalized spacial score (nSPS) is 15.4. The number of halogens is 1. The number of rotatable bonds is 3. The van der Waals surface area contributed by atoms with E-state index in [4.69, 9.17) is 11.6 Å². The molecule has 1 heterocycles. The van der Waals surface area contributed by atoms with Crippen molar-refractivity contribution in [3.8, 4) is 0 Å². The van der Waals surface area contributed by atoms with E-state index in [0.717, 1.165) is 43.1 Å². The molecule has 0 aliphatic carbocycles. The summed E-state index contributed by atoms with van der Waals surface area (Å²) in [5.41, 5.74) is 3.44. The number of hydrogen-bond acceptors (Lipinski definition) is 3. The zero-order valence-corrected chi connectivity index (χ0v) is 14.8. The number of para-hydroxylation sites is 2. The fourth-order valence-electron chi connectivity index (χ4n) is 2.83. The summed E-state index contributed by atoms with van der Waals surface area (Å²) in [6, 6.07) is 13.3. The van der Waals surface area contributed by atoms with E-state index in [-0.39, 0.29) is 5.91 Å². The van der Waals surface area contributed by atoms with Crippen molar-refractivity contribution in [1.29, 1.82) is 0 Å². The standard InChI is InChI=1S/C19H22ClN3O/c1-14-7-8-15(13-16(14)20)19(24)21-17-5-3-4-6-18(17)23-11-9-22(2)10-12-23/h3-8,13H,9-12H2,1-2H3,(H,21,24). The summed E-state index contributed by atoms with van der Waals surface area (Å²) in [6.45, 7) is 5.89. The zero-order valence-electron chi connectivity index (χ0n) is 14.1. The molecule has 0 bridgehead atoms. The smallest absolute Gasteiger partial charge is 0.255 e. The van der Waals surface area contributed by atoms with Crippen LogP contribution in [0.2, 0.25) is 5.02 Å². The van der Waals surface area contributed by atoms with Crippen LogP contribution in [0.4, 0.5) is 11.4 Å². The van der Waals surface area contributed by atoms with Crippen molar-refractivity contribution >= 4 is 28.9 Å². The first-order valence-electron chi connectivity index (χ1n) is 8.14. The van der Waals surface area contributed by atoms with Gasteiger partial charge in [-0.15, -0.1) is 0 Å². The summed E-state index contributed by atoms with van der Waals surface area (Å²) in [7, 11) is 2.13. The van der Waals surface area contributed by atoms with Crippen molar-refractivity contribution in [2.75, 3.05) is 43.4 Å². The van der Waals surface area contributed by atoms with E-state index in [2.05, 4.69) is 28.2 Å². The maximum Gasteiger partial charge on any atom is 0.255 e. The third-order valence-corrected chi connectivity index (χ3v) is 4.84. The summed E-state index contributed by atoms with van der Waals surface area (Å²) in [6.07, 6.45) is 0. The molecule has 1 N–H and O–H groups in total. The minimum Gasteiger partial charge on any atom is -0.367 e. The first kappa shape index (κ1) is 16.8. The highest BCUT2D eigenvalue weighted by Crippen LogP contribution is 2.27. The Morgan fingerprint density at radius 3 is 2.50 bits per heavy atom. The maximum absolute atomic E-state index is 12.6. The SMILES string of the molecule is Cc1ccc(C(=O)Nc2ccccc2N2CCN(C)CC2)cc1Cl. The van der Waals surface area contributed by atoms with E-state index in [9.17, 15) is 4.79 Å². The Morgan fingerprint density at radius 1 is 1.08 bits per heavy atom. The van der Waals surface area contributed by atoms with Crippen LogP contribution in [0.1, 0.15) is 15.9 Å². The van der Waals surface area contributed by atoms with Crippen molar-refractivity contribution in [2.24, 2.45) is 0 Å². The highest BCUT2D eigenvalue weighted by Gasteiger charge is 2.18. The third kappa shape index (κ3) is 3.71. The number of anilines is 2. The minimum absolute atomic E-state index is 0.140. The Morgan fingerprint density at radius 2 is 1.79 bits per heavy atom. The largest absolute Gasteiger partial charge is 0.367 e. The molecular formula is C19H22ClN3O. The summed E-state index contributed by atoms with van der Waals surface area (Å²) in [5.74, 6) is -0.140. The van der Waals surface area contributed by atoms with Gasteiger partial charge in [0.1, 0.15) is 0 Å². The van der Waals surface area contributed by atoms with Crippen LogP contribution in [0.5, 0.6) is 0 Å². The van der Waals surface area contributed by atoms with Gasteiger partial charge in [-0.1, -0.05) is 29.8 Å². The Bertz CT molecular complexity index is 739. The second-order valence-electron chi connectivity index (χ2n) is 6.23. The summed E-state index contributed by atoms with van der Waals surface area (Å²) in [5, 5.41) is 3.64. The van der Waals surface area contributed by atoms with Gasteiger partial charge in [0.25, 0.3) is 5.91 Å². The monoisotopic (exact) mass is 343 g/mol. The number of amides is 1. The summed E-state index contributed by atoms with van der Waals surface area (Å²) < 4.78 is 0. The van der Waals surface area contributed by atoms with Gasteiger partial charge in [0.15, 0.2) is 0 Å². The van der Waals surface area contributed by atoms with Crippen LogP contribution in [0.3, 0.4) is 0 Å². The number of benzene rings is 2. The molecule has 0 radical (unpaired) electrons. The van der Waals surface area contributed by atoms with Gasteiger partial charge in [0.05, 0.1) is 11.4 Å². The van der Waals surface area contributed by atoms with Crippen LogP contribution in [-0.4, -0.2) is 44.0 Å². The molecule has 1 aliphatic rings. The van der Waals surface area contributed by atoms with Crippen molar-refractivity contribution in [1.82, 2.24) is 4.90 Å². The number of hydrogen-bond donors (Lipinski definition) is 1. The van der Waals surface area contributed by atoms with E-state index >= 15 is 0 Å². The molecule has 2 aromatic rings. The molecule has 126 valence electrons. The molecule has 0 spiro atoms. The molecule has 1 saturated heterocycles. The fourth-order valence-corrected chi connectivity index (χ4v) is 3.01. The number of carbonyl (C=O) groups is 1. The Kier molecular flexibility index (Phi) is 5.07. The maximum atomic E-state index is 12.6. The van der Waals surface area contributed by atoms with Crippen molar-refractivity contribution in [3.63, 3.8) is 0 Å². The van der Waals surface area contributed by atoms with Gasteiger partial charge >= 0.3 is 0 Å². The van der Waals surface area contributed by atoms with Crippen molar-refractivity contribution in [2.45, 2.75) is 6.92 Å². The van der Waals surface area contributed by atoms with Gasteiger partial charge in [-0.3, -0.25) is 4.79 Å². The molecule has 0 atom stereocenters. The molecular weight excluding hydrogens is 322 g/mol. The first-order valence-corrected chi connectivity index (χ1v) is 8.52. The highest BCUT2D eigenvalue weighted by atomic mass is 35.5. The third-order valence-electron chi connectivity index (χ3n) is 4.43. The van der Waals surface area contributed by atoms with Crippen LogP contribution >= 0.6 is 11.6 Å². The number of aryl methyl sites for hydroxylation is 1. The molecule has 24 heavy (non-hydrogen) atoms. The van der Waals surface area contributed by atoms with Crippen LogP contribution in [-0.2, 0) is 0 Å². The van der Waals surface area contributed by atoms with Crippen molar-refractivity contribution in [3.05, 3.63) is 58.6 Å². The quantitative estimate of drug-likeness (QED) is 0.924. The van der Waals surface area contributed by atoms with Crippen LogP contribution in [0.15, 0.2) is 42.5 Å². The Balaban J connectivity index is 1.80. The number of carbonyl (C=O) groups excluding carboxylic acids is 1. The van der Waals surface area contributed by atoms with E-state index in [0.29, 0.717) is 10.6 Å². The van der Waals surface area contributed by atoms with Gasteiger partial charge in [-0.25, -0.2) is 0 Å². The van der Waals surface area contributed by atoms with Gasteiger partial charge in [0, 0.05) is 36.8 Å². The number of nitrogens with one attached hydrogen (secondary N) is 1. The predicted octanol–water partition coefficient (Wildman–Crippen LogP) is 3.65. The van der Waals surface area contributed by atoms with Gasteiger partial charge in [-0.2, -0.15) is 0 Å². The highest BCUT2D eigenvalue weighted by molar-refractivity contribution is 6.31. The molecule has 3 rings (SSSR count).